The molecule has 13 heteroatoms. The van der Waals surface area contributed by atoms with Gasteiger partial charge in [-0.1, -0.05) is 0 Å². The van der Waals surface area contributed by atoms with E-state index < -0.39 is 35.6 Å². The first-order valence-corrected chi connectivity index (χ1v) is 9.22. The normalized spacial score (nSPS) is 19.5. The average molecular weight is 446 g/mol. The fourth-order valence-electron chi connectivity index (χ4n) is 3.55. The highest BCUT2D eigenvalue weighted by Gasteiger charge is 2.47. The Morgan fingerprint density at radius 3 is 2.42 bits per heavy atom. The van der Waals surface area contributed by atoms with Crippen LogP contribution in [0.15, 0.2) is 24.4 Å². The van der Waals surface area contributed by atoms with E-state index in [1.807, 2.05) is 0 Å². The Morgan fingerprint density at radius 1 is 1.06 bits per heavy atom. The number of amides is 2. The van der Waals surface area contributed by atoms with Crippen molar-refractivity contribution in [1.29, 1.82) is 0 Å². The van der Waals surface area contributed by atoms with Crippen LogP contribution in [-0.4, -0.2) is 48.4 Å². The van der Waals surface area contributed by atoms with Crippen LogP contribution in [0.25, 0.3) is 11.3 Å². The van der Waals surface area contributed by atoms with Crippen molar-refractivity contribution < 1.29 is 31.1 Å². The Balaban J connectivity index is 1.90. The highest BCUT2D eigenvalue weighted by Crippen LogP contribution is 2.43. The van der Waals surface area contributed by atoms with Crippen LogP contribution in [0.2, 0.25) is 0 Å². The van der Waals surface area contributed by atoms with Crippen LogP contribution in [0.5, 0.6) is 0 Å². The van der Waals surface area contributed by atoms with Crippen molar-refractivity contribution in [2.45, 2.75) is 18.4 Å². The van der Waals surface area contributed by atoms with Gasteiger partial charge in [-0.25, -0.2) is 14.8 Å². The van der Waals surface area contributed by atoms with Gasteiger partial charge in [0.25, 0.3) is 0 Å². The molecule has 2 aromatic heterocycles. The van der Waals surface area contributed by atoms with Crippen LogP contribution < -0.4 is 20.9 Å². The van der Waals surface area contributed by atoms with Crippen LogP contribution in [0.3, 0.4) is 0 Å². The molecule has 2 aliphatic heterocycles. The first kappa shape index (κ1) is 21.2. The maximum absolute atomic E-state index is 13.6. The van der Waals surface area contributed by atoms with Gasteiger partial charge in [-0.2, -0.15) is 26.3 Å². The van der Waals surface area contributed by atoms with E-state index >= 15 is 0 Å². The molecule has 2 aliphatic rings. The minimum atomic E-state index is -4.90. The van der Waals surface area contributed by atoms with E-state index in [9.17, 15) is 31.1 Å². The number of hydrogen-bond donors (Lipinski definition) is 3. The number of urea groups is 1. The van der Waals surface area contributed by atoms with E-state index in [4.69, 9.17) is 0 Å². The van der Waals surface area contributed by atoms with Crippen LogP contribution in [0.1, 0.15) is 17.2 Å². The molecule has 0 saturated carbocycles. The number of hydrogen-bond acceptors (Lipinski definition) is 5. The topological polar surface area (TPSA) is 82.2 Å². The number of nitrogens with zero attached hydrogens (tertiary/aromatic N) is 3. The number of carbonyl (C=O) groups is 1. The molecule has 31 heavy (non-hydrogen) atoms. The lowest BCUT2D eigenvalue weighted by Crippen LogP contribution is -2.45. The molecule has 2 amide bonds. The summed E-state index contributed by atoms with van der Waals surface area (Å²) in [7, 11) is 0. The lowest BCUT2D eigenvalue weighted by molar-refractivity contribution is -0.155. The number of rotatable bonds is 2. The molecule has 4 rings (SSSR count). The molecule has 7 nitrogen and oxygen atoms in total. The molecule has 4 heterocycles. The monoisotopic (exact) mass is 446 g/mol. The van der Waals surface area contributed by atoms with Crippen molar-refractivity contribution in [2.24, 2.45) is 0 Å². The van der Waals surface area contributed by atoms with E-state index in [0.29, 0.717) is 32.2 Å². The Morgan fingerprint density at radius 2 is 1.77 bits per heavy atom. The number of fused-ring (bicyclic) bond motifs is 1. The van der Waals surface area contributed by atoms with E-state index in [-0.39, 0.29) is 22.9 Å². The van der Waals surface area contributed by atoms with Gasteiger partial charge in [-0.05, 0) is 18.2 Å². The number of nitrogens with one attached hydrogen (secondary N) is 3. The molecule has 166 valence electrons. The summed E-state index contributed by atoms with van der Waals surface area (Å²) in [5, 5.41) is 7.00. The van der Waals surface area contributed by atoms with Crippen LogP contribution in [0, 0.1) is 0 Å². The third kappa shape index (κ3) is 4.22. The predicted molar refractivity (Wildman–Crippen MR) is 98.5 cm³/mol. The Hall–Kier alpha value is -3.09. The minimum Gasteiger partial charge on any atom is -0.354 e. The van der Waals surface area contributed by atoms with Gasteiger partial charge >= 0.3 is 18.4 Å². The number of alkyl halides is 6. The van der Waals surface area contributed by atoms with Gasteiger partial charge in [0.1, 0.15) is 11.6 Å². The van der Waals surface area contributed by atoms with Crippen molar-refractivity contribution in [3.63, 3.8) is 0 Å². The van der Waals surface area contributed by atoms with Gasteiger partial charge in [0.05, 0.1) is 11.3 Å². The number of halogens is 6. The maximum Gasteiger partial charge on any atom is 0.416 e. The van der Waals surface area contributed by atoms with Crippen LogP contribution >= 0.6 is 0 Å². The minimum absolute atomic E-state index is 0.00764. The summed E-state index contributed by atoms with van der Waals surface area (Å²) in [5.74, 6) is -0.375. The standard InChI is InChI=1S/C18H16F6N6O/c19-17(20,21)9-7-11(27-12(8-9)30-5-3-25-4-6-30)10-1-2-26-15-13(10)14(18(22,23)24)28-16(31)29-15/h1-2,7-8,14,25H,3-6H2,(H2,26,28,29,31). The van der Waals surface area contributed by atoms with E-state index in [1.165, 1.54) is 0 Å². The molecule has 0 aromatic carbocycles. The summed E-state index contributed by atoms with van der Waals surface area (Å²) in [4.78, 5) is 21.3. The molecule has 0 bridgehead atoms. The number of carbonyl (C=O) groups excluding carboxylic acids is 1. The molecule has 0 spiro atoms. The molecular weight excluding hydrogens is 430 g/mol. The fourth-order valence-corrected chi connectivity index (χ4v) is 3.55. The summed E-state index contributed by atoms with van der Waals surface area (Å²) in [5.41, 5.74) is -2.03. The summed E-state index contributed by atoms with van der Waals surface area (Å²) in [6.45, 7) is 1.85. The zero-order valence-electron chi connectivity index (χ0n) is 15.7. The molecule has 0 aliphatic carbocycles. The SMILES string of the molecule is O=C1Nc2nccc(-c3cc(C(F)(F)F)cc(N4CCNCC4)n3)c2C(C(F)(F)F)N1. The highest BCUT2D eigenvalue weighted by molar-refractivity contribution is 5.94. The van der Waals surface area contributed by atoms with E-state index in [2.05, 4.69) is 20.6 Å². The Bertz CT molecular complexity index is 1000. The van der Waals surface area contributed by atoms with Gasteiger partial charge in [0.15, 0.2) is 6.04 Å². The third-order valence-electron chi connectivity index (χ3n) is 4.97. The fraction of sp³-hybridized carbons (Fsp3) is 0.389. The Labute approximate surface area is 171 Å². The van der Waals surface area contributed by atoms with E-state index in [0.717, 1.165) is 18.3 Å². The van der Waals surface area contributed by atoms with Gasteiger partial charge in [-0.15, -0.1) is 0 Å². The molecule has 0 radical (unpaired) electrons. The average Bonchev–Trinajstić information content (AvgIpc) is 2.71. The summed E-state index contributed by atoms with van der Waals surface area (Å²) in [6, 6.07) is -0.827. The zero-order valence-corrected chi connectivity index (χ0v) is 15.7. The van der Waals surface area contributed by atoms with E-state index in [1.54, 1.807) is 10.2 Å². The van der Waals surface area contributed by atoms with Crippen molar-refractivity contribution in [3.8, 4) is 11.3 Å². The van der Waals surface area contributed by atoms with Gasteiger partial charge in [0, 0.05) is 43.5 Å². The zero-order chi connectivity index (χ0) is 22.4. The lowest BCUT2D eigenvalue weighted by Gasteiger charge is -2.31. The molecule has 1 unspecified atom stereocenters. The van der Waals surface area contributed by atoms with Gasteiger partial charge < -0.3 is 15.5 Å². The largest absolute Gasteiger partial charge is 0.416 e. The molecule has 3 N–H and O–H groups in total. The maximum atomic E-state index is 13.6. The van der Waals surface area contributed by atoms with Gasteiger partial charge in [-0.3, -0.25) is 5.32 Å². The summed E-state index contributed by atoms with van der Waals surface area (Å²) < 4.78 is 81.6. The second-order valence-electron chi connectivity index (χ2n) is 7.03. The van der Waals surface area contributed by atoms with Crippen molar-refractivity contribution in [2.75, 3.05) is 36.4 Å². The first-order chi connectivity index (χ1) is 14.5. The number of aromatic nitrogens is 2. The van der Waals surface area contributed by atoms with Crippen molar-refractivity contribution in [1.82, 2.24) is 20.6 Å². The number of piperazine rings is 1. The quantitative estimate of drug-likeness (QED) is 0.617. The molecule has 1 fully saturated rings. The van der Waals surface area contributed by atoms with Crippen molar-refractivity contribution in [3.05, 3.63) is 35.5 Å². The first-order valence-electron chi connectivity index (χ1n) is 9.22. The summed E-state index contributed by atoms with van der Waals surface area (Å²) >= 11 is 0. The highest BCUT2D eigenvalue weighted by atomic mass is 19.4. The van der Waals surface area contributed by atoms with Crippen LogP contribution in [-0.2, 0) is 6.18 Å². The second-order valence-corrected chi connectivity index (χ2v) is 7.03. The van der Waals surface area contributed by atoms with Crippen LogP contribution in [0.4, 0.5) is 42.8 Å². The lowest BCUT2D eigenvalue weighted by atomic mass is 9.96. The number of anilines is 2. The molecule has 1 atom stereocenters. The molecule has 1 saturated heterocycles. The third-order valence-corrected chi connectivity index (χ3v) is 4.97. The van der Waals surface area contributed by atoms with Gasteiger partial charge in [0.2, 0.25) is 0 Å². The Kier molecular flexibility index (Phi) is 5.15. The molecular formula is C18H16F6N6O. The molecule has 2 aromatic rings. The smallest absolute Gasteiger partial charge is 0.354 e. The summed E-state index contributed by atoms with van der Waals surface area (Å²) in [6.07, 6.45) is -8.52. The number of pyridine rings is 2. The predicted octanol–water partition coefficient (Wildman–Crippen LogP) is 3.31. The van der Waals surface area contributed by atoms with Crippen molar-refractivity contribution >= 4 is 17.7 Å². The second kappa shape index (κ2) is 7.55.